The van der Waals surface area contributed by atoms with Gasteiger partial charge in [0.25, 0.3) is 0 Å². The first-order valence-electron chi connectivity index (χ1n) is 16.3. The molecule has 5 nitrogen and oxygen atoms in total. The molecule has 5 heteroatoms. The summed E-state index contributed by atoms with van der Waals surface area (Å²) in [5, 5.41) is 24.4. The Kier molecular flexibility index (Phi) is 6.56. The van der Waals surface area contributed by atoms with Gasteiger partial charge in [0.15, 0.2) is 5.69 Å². The van der Waals surface area contributed by atoms with E-state index in [4.69, 9.17) is 6.57 Å². The molecule has 0 N–H and O–H groups in total. The summed E-state index contributed by atoms with van der Waals surface area (Å²) in [5.74, 6) is 0. The van der Waals surface area contributed by atoms with Crippen molar-refractivity contribution in [1.29, 1.82) is 10.5 Å². The molecule has 9 aromatic rings. The highest BCUT2D eigenvalue weighted by Crippen LogP contribution is 2.42. The Morgan fingerprint density at radius 3 is 1.82 bits per heavy atom. The van der Waals surface area contributed by atoms with Crippen LogP contribution in [0.4, 0.5) is 5.69 Å². The van der Waals surface area contributed by atoms with Crippen LogP contribution in [0.5, 0.6) is 0 Å². The molecule has 7 aromatic carbocycles. The highest BCUT2D eigenvalue weighted by molar-refractivity contribution is 6.12. The first kappa shape index (κ1) is 28.8. The Labute approximate surface area is 288 Å². The van der Waals surface area contributed by atoms with Crippen molar-refractivity contribution in [1.82, 2.24) is 9.13 Å². The first-order valence-corrected chi connectivity index (χ1v) is 16.3. The van der Waals surface area contributed by atoms with Crippen molar-refractivity contribution in [3.05, 3.63) is 174 Å². The van der Waals surface area contributed by atoms with Gasteiger partial charge in [0, 0.05) is 33.0 Å². The zero-order chi connectivity index (χ0) is 33.8. The summed E-state index contributed by atoms with van der Waals surface area (Å²) in [7, 11) is 0. The molecule has 0 aliphatic carbocycles. The van der Waals surface area contributed by atoms with E-state index in [1.54, 1.807) is 0 Å². The van der Waals surface area contributed by atoms with Gasteiger partial charge in [-0.3, -0.25) is 0 Å². The lowest BCUT2D eigenvalue weighted by molar-refractivity contribution is 1.18. The van der Waals surface area contributed by atoms with Crippen LogP contribution in [0.3, 0.4) is 0 Å². The minimum atomic E-state index is 0.542. The van der Waals surface area contributed by atoms with Gasteiger partial charge in [-0.05, 0) is 83.2 Å². The number of rotatable bonds is 4. The molecule has 9 rings (SSSR count). The van der Waals surface area contributed by atoms with Gasteiger partial charge in [-0.1, -0.05) is 84.9 Å². The molecule has 0 fully saturated rings. The zero-order valence-corrected chi connectivity index (χ0v) is 26.7. The molecular formula is C45H25N5. The smallest absolute Gasteiger partial charge is 0.188 e. The van der Waals surface area contributed by atoms with E-state index in [1.807, 2.05) is 60.7 Å². The lowest BCUT2D eigenvalue weighted by Gasteiger charge is -2.18. The number of hydrogen-bond acceptors (Lipinski definition) is 2. The van der Waals surface area contributed by atoms with E-state index in [0.29, 0.717) is 16.8 Å². The van der Waals surface area contributed by atoms with Crippen LogP contribution < -0.4 is 0 Å². The molecule has 0 aliphatic heterocycles. The van der Waals surface area contributed by atoms with Crippen LogP contribution in [0.25, 0.3) is 82.1 Å². The average Bonchev–Trinajstić information content (AvgIpc) is 3.69. The number of benzene rings is 7. The van der Waals surface area contributed by atoms with Gasteiger partial charge in [0.2, 0.25) is 0 Å². The Hall–Kier alpha value is -7.39. The molecule has 0 radical (unpaired) electrons. The van der Waals surface area contributed by atoms with E-state index in [1.165, 1.54) is 10.8 Å². The van der Waals surface area contributed by atoms with Crippen molar-refractivity contribution in [2.45, 2.75) is 0 Å². The first-order chi connectivity index (χ1) is 24.7. The van der Waals surface area contributed by atoms with Crippen molar-refractivity contribution in [2.24, 2.45) is 0 Å². The van der Waals surface area contributed by atoms with Gasteiger partial charge in [0.05, 0.1) is 57.6 Å². The van der Waals surface area contributed by atoms with Crippen molar-refractivity contribution in [3.63, 3.8) is 0 Å². The van der Waals surface area contributed by atoms with Crippen LogP contribution in [-0.4, -0.2) is 9.13 Å². The minimum absolute atomic E-state index is 0.542. The molecule has 2 heterocycles. The number of nitriles is 2. The third-order valence-electron chi connectivity index (χ3n) is 9.62. The summed E-state index contributed by atoms with van der Waals surface area (Å²) in [5.41, 5.74) is 11.5. The van der Waals surface area contributed by atoms with E-state index >= 15 is 0 Å². The molecule has 0 unspecified atom stereocenters. The molecule has 0 aliphatic rings. The van der Waals surface area contributed by atoms with Gasteiger partial charge < -0.3 is 9.13 Å². The van der Waals surface area contributed by atoms with Gasteiger partial charge in [-0.15, -0.1) is 0 Å². The third kappa shape index (κ3) is 4.31. The SMILES string of the molecule is [C-]#[N+]c1ccc2c(c1)c1cc(C#N)ccc1n2-c1ccccc1-c1cccc(C#N)c1-c1ccc(-n2c3ccccc3c3ccccc32)cc1. The van der Waals surface area contributed by atoms with Crippen LogP contribution >= 0.6 is 0 Å². The van der Waals surface area contributed by atoms with Crippen LogP contribution in [0, 0.1) is 29.2 Å². The molecule has 0 spiro atoms. The number of aromatic nitrogens is 2. The number of hydrogen-bond donors (Lipinski definition) is 0. The van der Waals surface area contributed by atoms with E-state index in [9.17, 15) is 10.5 Å². The molecule has 50 heavy (non-hydrogen) atoms. The molecule has 0 bridgehead atoms. The lowest BCUT2D eigenvalue weighted by Crippen LogP contribution is -1.99. The van der Waals surface area contributed by atoms with Crippen LogP contribution in [0.2, 0.25) is 0 Å². The molecule has 0 saturated carbocycles. The fourth-order valence-electron chi connectivity index (χ4n) is 7.47. The molecule has 230 valence electrons. The summed E-state index contributed by atoms with van der Waals surface area (Å²) < 4.78 is 4.49. The number of nitrogens with zero attached hydrogens (tertiary/aromatic N) is 5. The summed E-state index contributed by atoms with van der Waals surface area (Å²) >= 11 is 0. The van der Waals surface area contributed by atoms with Gasteiger partial charge in [0.1, 0.15) is 0 Å². The molecule has 0 amide bonds. The fraction of sp³-hybridized carbons (Fsp3) is 0. The van der Waals surface area contributed by atoms with Crippen molar-refractivity contribution < 1.29 is 0 Å². The number of fused-ring (bicyclic) bond motifs is 6. The Bertz CT molecular complexity index is 2830. The van der Waals surface area contributed by atoms with Crippen molar-refractivity contribution >= 4 is 49.3 Å². The molecule has 0 saturated heterocycles. The minimum Gasteiger partial charge on any atom is -0.309 e. The second kappa shape index (κ2) is 11.4. The predicted molar refractivity (Wildman–Crippen MR) is 202 cm³/mol. The Morgan fingerprint density at radius 2 is 1.12 bits per heavy atom. The fourth-order valence-corrected chi connectivity index (χ4v) is 7.47. The maximum absolute atomic E-state index is 10.4. The van der Waals surface area contributed by atoms with E-state index in [0.717, 1.165) is 66.5 Å². The lowest BCUT2D eigenvalue weighted by atomic mass is 9.90. The maximum atomic E-state index is 10.4. The third-order valence-corrected chi connectivity index (χ3v) is 9.62. The van der Waals surface area contributed by atoms with Crippen molar-refractivity contribution in [2.75, 3.05) is 0 Å². The highest BCUT2D eigenvalue weighted by Gasteiger charge is 2.20. The number of para-hydroxylation sites is 3. The van der Waals surface area contributed by atoms with Crippen LogP contribution in [0.15, 0.2) is 152 Å². The predicted octanol–water partition coefficient (Wildman–Crippen LogP) is 11.5. The average molecular weight is 636 g/mol. The summed E-state index contributed by atoms with van der Waals surface area (Å²) in [6.45, 7) is 7.63. The Morgan fingerprint density at radius 1 is 0.500 bits per heavy atom. The second-order valence-corrected chi connectivity index (χ2v) is 12.3. The zero-order valence-electron chi connectivity index (χ0n) is 26.7. The van der Waals surface area contributed by atoms with Gasteiger partial charge >= 0.3 is 0 Å². The quantitative estimate of drug-likeness (QED) is 0.181. The highest BCUT2D eigenvalue weighted by atomic mass is 15.0. The topological polar surface area (TPSA) is 61.8 Å². The normalized spacial score (nSPS) is 11.1. The molecular weight excluding hydrogens is 611 g/mol. The largest absolute Gasteiger partial charge is 0.309 e. The van der Waals surface area contributed by atoms with Crippen LogP contribution in [-0.2, 0) is 0 Å². The van der Waals surface area contributed by atoms with Crippen molar-refractivity contribution in [3.8, 4) is 45.8 Å². The monoisotopic (exact) mass is 635 g/mol. The standard InChI is InChI=1S/C45H25N5/c1-48-32-20-24-44-39(26-32)38-25-29(27-46)17-23-43(38)50(44)42-16-7-4-12-36(42)37-13-8-9-31(28-47)45(37)30-18-21-33(22-19-30)49-40-14-5-2-10-34(40)35-11-3-6-15-41(35)49/h2-26H. The maximum Gasteiger partial charge on any atom is 0.188 e. The second-order valence-electron chi connectivity index (χ2n) is 12.3. The summed E-state index contributed by atoms with van der Waals surface area (Å²) in [4.78, 5) is 3.68. The molecule has 2 aromatic heterocycles. The van der Waals surface area contributed by atoms with Gasteiger partial charge in [-0.25, -0.2) is 4.85 Å². The van der Waals surface area contributed by atoms with Crippen LogP contribution in [0.1, 0.15) is 11.1 Å². The Balaban J connectivity index is 1.25. The van der Waals surface area contributed by atoms with E-state index in [2.05, 4.69) is 117 Å². The molecule has 0 atom stereocenters. The summed E-state index contributed by atoms with van der Waals surface area (Å²) in [6.07, 6.45) is 0. The summed E-state index contributed by atoms with van der Waals surface area (Å²) in [6, 6.07) is 55.7. The van der Waals surface area contributed by atoms with Gasteiger partial charge in [-0.2, -0.15) is 10.5 Å². The van der Waals surface area contributed by atoms with E-state index < -0.39 is 0 Å². The van der Waals surface area contributed by atoms with E-state index in [-0.39, 0.29) is 0 Å².